The Bertz CT molecular complexity index is 1810. The third-order valence-electron chi connectivity index (χ3n) is 7.19. The van der Waals surface area contributed by atoms with E-state index in [4.69, 9.17) is 9.05 Å². The van der Waals surface area contributed by atoms with E-state index in [0.29, 0.717) is 38.9 Å². The molecule has 4 N–H and O–H groups in total. The average Bonchev–Trinajstić information content (AvgIpc) is 2.94. The molecule has 0 radical (unpaired) electrons. The summed E-state index contributed by atoms with van der Waals surface area (Å²) in [4.78, 5) is 40.9. The number of hydrogen-bond donors (Lipinski definition) is 4. The Labute approximate surface area is 256 Å². The molecule has 0 heterocycles. The van der Waals surface area contributed by atoms with Crippen LogP contribution in [-0.4, -0.2) is 19.6 Å². The van der Waals surface area contributed by atoms with Gasteiger partial charge in [-0.15, -0.1) is 0 Å². The predicted molar refractivity (Wildman–Crippen MR) is 172 cm³/mol. The van der Waals surface area contributed by atoms with Crippen molar-refractivity contribution in [3.8, 4) is 56.0 Å². The van der Waals surface area contributed by atoms with Gasteiger partial charge in [-0.2, -0.15) is 0 Å². The summed E-state index contributed by atoms with van der Waals surface area (Å²) in [7, 11) is -10.5. The highest BCUT2D eigenvalue weighted by molar-refractivity contribution is 7.47. The molecule has 0 aromatic heterocycles. The molecule has 226 valence electrons. The van der Waals surface area contributed by atoms with E-state index in [-0.39, 0.29) is 17.1 Å². The molecule has 0 aliphatic carbocycles. The maximum atomic E-state index is 12.6. The predicted octanol–water partition coefficient (Wildman–Crippen LogP) is 8.53. The summed E-state index contributed by atoms with van der Waals surface area (Å²) in [6.45, 7) is 7.64. The summed E-state index contributed by atoms with van der Waals surface area (Å²) >= 11 is 0. The van der Waals surface area contributed by atoms with Gasteiger partial charge in [-0.3, -0.25) is 19.6 Å². The molecule has 0 unspecified atom stereocenters. The molecule has 0 amide bonds. The fourth-order valence-electron chi connectivity index (χ4n) is 5.11. The smallest absolute Gasteiger partial charge is 0.403 e. The lowest BCUT2D eigenvalue weighted by atomic mass is 9.82. The Hall–Kier alpha value is -4.00. The van der Waals surface area contributed by atoms with Gasteiger partial charge in [0.05, 0.1) is 5.56 Å². The minimum atomic E-state index is -5.23. The van der Waals surface area contributed by atoms with Gasteiger partial charge in [0.15, 0.2) is 11.5 Å². The first-order valence-corrected chi connectivity index (χ1v) is 16.8. The second kappa shape index (κ2) is 12.2. The summed E-state index contributed by atoms with van der Waals surface area (Å²) in [5, 5.41) is 0. The Morgan fingerprint density at radius 2 is 0.614 bits per heavy atom. The fourth-order valence-corrected chi connectivity index (χ4v) is 5.95. The van der Waals surface area contributed by atoms with Crippen LogP contribution in [0.1, 0.15) is 22.3 Å². The molecular formula is C34H32O8P2. The van der Waals surface area contributed by atoms with Gasteiger partial charge in [-0.25, -0.2) is 9.13 Å². The van der Waals surface area contributed by atoms with Crippen LogP contribution in [0, 0.1) is 27.7 Å². The van der Waals surface area contributed by atoms with Crippen molar-refractivity contribution in [2.45, 2.75) is 27.7 Å². The van der Waals surface area contributed by atoms with Gasteiger partial charge < -0.3 is 9.05 Å². The molecular weight excluding hydrogens is 598 g/mol. The van der Waals surface area contributed by atoms with Crippen molar-refractivity contribution in [2.24, 2.45) is 0 Å². The normalized spacial score (nSPS) is 11.8. The van der Waals surface area contributed by atoms with Crippen LogP contribution in [-0.2, 0) is 9.13 Å². The highest BCUT2D eigenvalue weighted by Crippen LogP contribution is 2.61. The number of rotatable bonds is 8. The number of phosphoric ester groups is 2. The van der Waals surface area contributed by atoms with E-state index < -0.39 is 15.6 Å². The SMILES string of the molecule is Cc1ccc(-c2c(OP(=O)(O)O)c(-c3ccc(C)cc3)c(-c3ccc(C)cc3)c(-c3ccc(C)cc3)c2OP(=O)(O)O)cc1. The molecule has 10 heteroatoms. The van der Waals surface area contributed by atoms with Crippen molar-refractivity contribution in [2.75, 3.05) is 0 Å². The van der Waals surface area contributed by atoms with Crippen molar-refractivity contribution in [3.05, 3.63) is 119 Å². The zero-order valence-electron chi connectivity index (χ0n) is 24.6. The second-order valence-electron chi connectivity index (χ2n) is 10.8. The summed E-state index contributed by atoms with van der Waals surface area (Å²) < 4.78 is 36.3. The molecule has 0 bridgehead atoms. The third kappa shape index (κ3) is 7.03. The van der Waals surface area contributed by atoms with E-state index in [1.54, 1.807) is 24.3 Å². The first-order valence-electron chi connectivity index (χ1n) is 13.7. The number of benzene rings is 5. The van der Waals surface area contributed by atoms with Crippen molar-refractivity contribution in [1.29, 1.82) is 0 Å². The first kappa shape index (κ1) is 31.4. The van der Waals surface area contributed by atoms with Crippen LogP contribution in [0.25, 0.3) is 44.5 Å². The van der Waals surface area contributed by atoms with Crippen molar-refractivity contribution in [3.63, 3.8) is 0 Å². The van der Waals surface area contributed by atoms with Gasteiger partial charge in [-0.1, -0.05) is 119 Å². The molecule has 0 saturated carbocycles. The van der Waals surface area contributed by atoms with Gasteiger partial charge >= 0.3 is 15.6 Å². The summed E-state index contributed by atoms with van der Waals surface area (Å²) in [5.74, 6) is -0.554. The van der Waals surface area contributed by atoms with Gasteiger partial charge in [0, 0.05) is 16.7 Å². The number of aryl methyl sites for hydroxylation is 4. The van der Waals surface area contributed by atoms with Gasteiger partial charge in [-0.05, 0) is 49.9 Å². The average molecular weight is 631 g/mol. The largest absolute Gasteiger partial charge is 0.524 e. The zero-order valence-corrected chi connectivity index (χ0v) is 26.3. The molecule has 0 aliphatic heterocycles. The highest BCUT2D eigenvalue weighted by Gasteiger charge is 2.35. The van der Waals surface area contributed by atoms with Crippen molar-refractivity contribution < 1.29 is 37.8 Å². The van der Waals surface area contributed by atoms with Crippen LogP contribution in [0.15, 0.2) is 97.1 Å². The van der Waals surface area contributed by atoms with E-state index in [2.05, 4.69) is 0 Å². The zero-order chi connectivity index (χ0) is 31.8. The minimum Gasteiger partial charge on any atom is -0.403 e. The van der Waals surface area contributed by atoms with E-state index in [0.717, 1.165) is 22.3 Å². The molecule has 5 rings (SSSR count). The highest BCUT2D eigenvalue weighted by atomic mass is 31.2. The van der Waals surface area contributed by atoms with Gasteiger partial charge in [0.2, 0.25) is 0 Å². The molecule has 0 spiro atoms. The maximum Gasteiger partial charge on any atom is 0.524 e. The third-order valence-corrected chi connectivity index (χ3v) is 8.03. The quantitative estimate of drug-likeness (QED) is 0.125. The Kier molecular flexibility index (Phi) is 8.70. The molecule has 5 aromatic rings. The standard InChI is InChI=1S/C34H32O8P2/c1-21-5-13-25(14-6-21)29-30(26-15-7-22(2)8-16-26)33(41-43(35,36)37)32(28-19-11-24(4)12-20-28)34(42-44(38,39)40)31(29)27-17-9-23(3)10-18-27/h5-20H,1-4H3,(H2,35,36,37)(H2,38,39,40). The van der Waals surface area contributed by atoms with Gasteiger partial charge in [0.25, 0.3) is 0 Å². The number of hydrogen-bond acceptors (Lipinski definition) is 4. The van der Waals surface area contributed by atoms with E-state index in [1.165, 1.54) is 0 Å². The van der Waals surface area contributed by atoms with E-state index in [9.17, 15) is 28.7 Å². The van der Waals surface area contributed by atoms with Crippen molar-refractivity contribution in [1.82, 2.24) is 0 Å². The Morgan fingerprint density at radius 1 is 0.386 bits per heavy atom. The summed E-state index contributed by atoms with van der Waals surface area (Å²) in [6, 6.07) is 29.1. The van der Waals surface area contributed by atoms with Crippen LogP contribution in [0.2, 0.25) is 0 Å². The maximum absolute atomic E-state index is 12.6. The minimum absolute atomic E-state index is 0.0151. The molecule has 0 saturated heterocycles. The van der Waals surface area contributed by atoms with Crippen LogP contribution >= 0.6 is 15.6 Å². The van der Waals surface area contributed by atoms with Gasteiger partial charge in [0.1, 0.15) is 0 Å². The second-order valence-corrected chi connectivity index (χ2v) is 13.1. The van der Waals surface area contributed by atoms with Crippen LogP contribution < -0.4 is 9.05 Å². The van der Waals surface area contributed by atoms with E-state index >= 15 is 0 Å². The first-order chi connectivity index (χ1) is 20.7. The fraction of sp³-hybridized carbons (Fsp3) is 0.118. The van der Waals surface area contributed by atoms with Crippen LogP contribution in [0.5, 0.6) is 11.5 Å². The molecule has 44 heavy (non-hydrogen) atoms. The molecule has 0 aliphatic rings. The van der Waals surface area contributed by atoms with Crippen LogP contribution in [0.4, 0.5) is 0 Å². The Morgan fingerprint density at radius 3 is 0.864 bits per heavy atom. The lowest BCUT2D eigenvalue weighted by Crippen LogP contribution is -2.05. The summed E-state index contributed by atoms with van der Waals surface area (Å²) in [6.07, 6.45) is 0. The lowest BCUT2D eigenvalue weighted by molar-refractivity contribution is 0.282. The van der Waals surface area contributed by atoms with Crippen molar-refractivity contribution >= 4 is 15.6 Å². The Balaban J connectivity index is 2.12. The molecule has 0 fully saturated rings. The molecule has 8 nitrogen and oxygen atoms in total. The monoisotopic (exact) mass is 630 g/mol. The van der Waals surface area contributed by atoms with E-state index in [1.807, 2.05) is 100 Å². The molecule has 5 aromatic carbocycles. The van der Waals surface area contributed by atoms with Crippen LogP contribution in [0.3, 0.4) is 0 Å². The summed E-state index contributed by atoms with van der Waals surface area (Å²) in [5.41, 5.74) is 6.96. The lowest BCUT2D eigenvalue weighted by Gasteiger charge is -2.27. The topological polar surface area (TPSA) is 134 Å². The number of phosphoric acid groups is 2. The molecule has 0 atom stereocenters.